The van der Waals surface area contributed by atoms with Crippen LogP contribution in [0.25, 0.3) is 0 Å². The summed E-state index contributed by atoms with van der Waals surface area (Å²) >= 11 is 0. The molecule has 0 radical (unpaired) electrons. The van der Waals surface area contributed by atoms with E-state index in [1.54, 1.807) is 13.8 Å². The van der Waals surface area contributed by atoms with Crippen LogP contribution in [0.5, 0.6) is 5.75 Å². The van der Waals surface area contributed by atoms with Gasteiger partial charge in [-0.3, -0.25) is 4.79 Å². The molecule has 1 fully saturated rings. The molecule has 0 unspecified atom stereocenters. The van der Waals surface area contributed by atoms with Gasteiger partial charge in [0.2, 0.25) is 0 Å². The van der Waals surface area contributed by atoms with Crippen LogP contribution < -0.4 is 4.74 Å². The number of carbonyl (C=O) groups is 2. The lowest BCUT2D eigenvalue weighted by Crippen LogP contribution is -2.53. The number of morpholine rings is 1. The second kappa shape index (κ2) is 7.57. The van der Waals surface area contributed by atoms with Gasteiger partial charge in [-0.15, -0.1) is 0 Å². The number of carboxylic acid groups (broad SMARTS) is 1. The van der Waals surface area contributed by atoms with E-state index in [0.29, 0.717) is 6.07 Å². The van der Waals surface area contributed by atoms with Crippen molar-refractivity contribution < 1.29 is 33.0 Å². The number of amides is 1. The molecule has 0 aliphatic carbocycles. The lowest BCUT2D eigenvalue weighted by atomic mass is 10.1. The number of hydrogen-bond donors (Lipinski definition) is 1. The topological polar surface area (TPSA) is 76.1 Å². The largest absolute Gasteiger partial charge is 0.479 e. The van der Waals surface area contributed by atoms with Gasteiger partial charge in [-0.1, -0.05) is 13.8 Å². The van der Waals surface area contributed by atoms with Crippen molar-refractivity contribution in [3.63, 3.8) is 0 Å². The molecule has 0 bridgehead atoms. The Morgan fingerprint density at radius 1 is 1.38 bits per heavy atom. The van der Waals surface area contributed by atoms with Crippen LogP contribution in [-0.2, 0) is 14.3 Å². The normalized spacial score (nSPS) is 19.2. The molecular formula is C16H19F2NO5. The highest BCUT2D eigenvalue weighted by Crippen LogP contribution is 2.23. The van der Waals surface area contributed by atoms with Crippen molar-refractivity contribution in [3.05, 3.63) is 29.8 Å². The summed E-state index contributed by atoms with van der Waals surface area (Å²) in [5.74, 6) is -3.79. The predicted octanol–water partition coefficient (Wildman–Crippen LogP) is 1.68. The monoisotopic (exact) mass is 343 g/mol. The van der Waals surface area contributed by atoms with Crippen molar-refractivity contribution >= 4 is 11.9 Å². The maximum Gasteiger partial charge on any atom is 0.334 e. The molecule has 1 amide bonds. The molecule has 6 nitrogen and oxygen atoms in total. The fourth-order valence-electron chi connectivity index (χ4n) is 2.36. The van der Waals surface area contributed by atoms with E-state index in [-0.39, 0.29) is 31.4 Å². The van der Waals surface area contributed by atoms with E-state index in [9.17, 15) is 18.4 Å². The number of nitrogens with zero attached hydrogens (tertiary/aromatic N) is 1. The third kappa shape index (κ3) is 4.19. The van der Waals surface area contributed by atoms with Crippen LogP contribution in [-0.4, -0.2) is 53.8 Å². The number of carbonyl (C=O) groups excluding carboxylic acids is 1. The second-order valence-electron chi connectivity index (χ2n) is 5.84. The number of ether oxygens (including phenoxy) is 2. The molecule has 1 aromatic carbocycles. The van der Waals surface area contributed by atoms with Gasteiger partial charge in [0, 0.05) is 12.6 Å². The van der Waals surface area contributed by atoms with E-state index in [0.717, 1.165) is 12.1 Å². The first kappa shape index (κ1) is 18.1. The summed E-state index contributed by atoms with van der Waals surface area (Å²) in [6, 6.07) is 2.83. The van der Waals surface area contributed by atoms with Crippen molar-refractivity contribution in [2.75, 3.05) is 19.7 Å². The Bertz CT molecular complexity index is 622. The first-order chi connectivity index (χ1) is 11.3. The molecule has 8 heteroatoms. The van der Waals surface area contributed by atoms with Gasteiger partial charge >= 0.3 is 5.97 Å². The molecule has 1 aliphatic rings. The number of carboxylic acids is 1. The maximum absolute atomic E-state index is 13.8. The molecular weight excluding hydrogens is 324 g/mol. The predicted molar refractivity (Wildman–Crippen MR) is 79.6 cm³/mol. The van der Waals surface area contributed by atoms with Gasteiger partial charge < -0.3 is 19.5 Å². The Morgan fingerprint density at radius 3 is 2.67 bits per heavy atom. The van der Waals surface area contributed by atoms with E-state index >= 15 is 0 Å². The van der Waals surface area contributed by atoms with Crippen molar-refractivity contribution in [1.29, 1.82) is 0 Å². The first-order valence-corrected chi connectivity index (χ1v) is 7.54. The Morgan fingerprint density at radius 2 is 2.08 bits per heavy atom. The van der Waals surface area contributed by atoms with E-state index < -0.39 is 35.7 Å². The number of halogens is 2. The maximum atomic E-state index is 13.8. The van der Waals surface area contributed by atoms with Gasteiger partial charge in [0.25, 0.3) is 5.91 Å². The molecule has 2 atom stereocenters. The van der Waals surface area contributed by atoms with Gasteiger partial charge in [-0.05, 0) is 18.1 Å². The molecule has 24 heavy (non-hydrogen) atoms. The summed E-state index contributed by atoms with van der Waals surface area (Å²) in [6.45, 7) is 3.66. The zero-order chi connectivity index (χ0) is 17.9. The van der Waals surface area contributed by atoms with Gasteiger partial charge in [0.1, 0.15) is 5.82 Å². The van der Waals surface area contributed by atoms with Crippen LogP contribution >= 0.6 is 0 Å². The average Bonchev–Trinajstić information content (AvgIpc) is 2.53. The van der Waals surface area contributed by atoms with Crippen LogP contribution in [0.1, 0.15) is 13.8 Å². The number of benzene rings is 1. The Hall–Kier alpha value is -2.22. The minimum absolute atomic E-state index is 0.0957. The van der Waals surface area contributed by atoms with Crippen LogP contribution in [0, 0.1) is 17.6 Å². The third-order valence-electron chi connectivity index (χ3n) is 3.65. The molecule has 1 saturated heterocycles. The standard InChI is InChI=1S/C16H19F2NO5/c1-9(2)14(24-12-4-3-10(17)7-11(12)18)15(20)19-5-6-23-13(8-19)16(21)22/h3-4,7,9,13-14H,5-6,8H2,1-2H3,(H,21,22)/t13-,14+/m1/s1. The molecule has 2 rings (SSSR count). The minimum atomic E-state index is -1.15. The first-order valence-electron chi connectivity index (χ1n) is 7.54. The molecule has 1 aliphatic heterocycles. The Labute approximate surface area is 138 Å². The molecule has 1 aromatic rings. The van der Waals surface area contributed by atoms with Crippen LogP contribution in [0.4, 0.5) is 8.78 Å². The molecule has 0 aromatic heterocycles. The zero-order valence-corrected chi connectivity index (χ0v) is 13.4. The van der Waals surface area contributed by atoms with Crippen molar-refractivity contribution in [2.45, 2.75) is 26.1 Å². The quantitative estimate of drug-likeness (QED) is 0.880. The minimum Gasteiger partial charge on any atom is -0.479 e. The summed E-state index contributed by atoms with van der Waals surface area (Å²) in [7, 11) is 0. The number of aliphatic carboxylic acids is 1. The summed E-state index contributed by atoms with van der Waals surface area (Å²) < 4.78 is 37.3. The zero-order valence-electron chi connectivity index (χ0n) is 13.4. The Kier molecular flexibility index (Phi) is 5.71. The van der Waals surface area contributed by atoms with Gasteiger partial charge in [0.05, 0.1) is 13.2 Å². The summed E-state index contributed by atoms with van der Waals surface area (Å²) in [4.78, 5) is 25.0. The van der Waals surface area contributed by atoms with Crippen LogP contribution in [0.2, 0.25) is 0 Å². The highest BCUT2D eigenvalue weighted by atomic mass is 19.1. The molecule has 1 heterocycles. The van der Waals surface area contributed by atoms with Gasteiger partial charge in [0.15, 0.2) is 23.8 Å². The molecule has 0 saturated carbocycles. The fourth-order valence-corrected chi connectivity index (χ4v) is 2.36. The van der Waals surface area contributed by atoms with Crippen molar-refractivity contribution in [1.82, 2.24) is 4.90 Å². The highest BCUT2D eigenvalue weighted by molar-refractivity contribution is 5.83. The van der Waals surface area contributed by atoms with E-state index in [4.69, 9.17) is 14.6 Å². The summed E-state index contributed by atoms with van der Waals surface area (Å²) in [5.41, 5.74) is 0. The van der Waals surface area contributed by atoms with Crippen LogP contribution in [0.15, 0.2) is 18.2 Å². The molecule has 0 spiro atoms. The Balaban J connectivity index is 2.14. The highest BCUT2D eigenvalue weighted by Gasteiger charge is 2.35. The smallest absolute Gasteiger partial charge is 0.334 e. The average molecular weight is 343 g/mol. The second-order valence-corrected chi connectivity index (χ2v) is 5.84. The number of rotatable bonds is 5. The summed E-state index contributed by atoms with van der Waals surface area (Å²) in [6.07, 6.45) is -2.12. The molecule has 132 valence electrons. The lowest BCUT2D eigenvalue weighted by molar-refractivity contribution is -0.162. The van der Waals surface area contributed by atoms with E-state index in [2.05, 4.69) is 0 Å². The summed E-state index contributed by atoms with van der Waals surface area (Å²) in [5, 5.41) is 9.00. The third-order valence-corrected chi connectivity index (χ3v) is 3.65. The number of hydrogen-bond acceptors (Lipinski definition) is 4. The van der Waals surface area contributed by atoms with Crippen molar-refractivity contribution in [2.24, 2.45) is 5.92 Å². The van der Waals surface area contributed by atoms with E-state index in [1.165, 1.54) is 4.90 Å². The van der Waals surface area contributed by atoms with Gasteiger partial charge in [-0.25, -0.2) is 13.6 Å². The van der Waals surface area contributed by atoms with Crippen LogP contribution in [0.3, 0.4) is 0 Å². The lowest BCUT2D eigenvalue weighted by Gasteiger charge is -2.34. The fraction of sp³-hybridized carbons (Fsp3) is 0.500. The van der Waals surface area contributed by atoms with E-state index in [1.807, 2.05) is 0 Å². The molecule has 1 N–H and O–H groups in total. The van der Waals surface area contributed by atoms with Gasteiger partial charge in [-0.2, -0.15) is 0 Å². The van der Waals surface area contributed by atoms with Crippen molar-refractivity contribution in [3.8, 4) is 5.75 Å². The SMILES string of the molecule is CC(C)[C@H](Oc1ccc(F)cc1F)C(=O)N1CCO[C@@H](C(=O)O)C1.